The number of hydrogen-bond acceptors (Lipinski definition) is 21. The third-order valence-electron chi connectivity index (χ3n) is 13.4. The summed E-state index contributed by atoms with van der Waals surface area (Å²) in [6.45, 7) is 6.88. The van der Waals surface area contributed by atoms with Gasteiger partial charge < -0.3 is 38.9 Å². The Bertz CT molecular complexity index is 3280. The lowest BCUT2D eigenvalue weighted by Crippen LogP contribution is -2.49. The first-order valence-corrected chi connectivity index (χ1v) is 25.4. The van der Waals surface area contributed by atoms with Crippen LogP contribution in [0.2, 0.25) is 0 Å². The van der Waals surface area contributed by atoms with Crippen LogP contribution in [0.1, 0.15) is 57.4 Å². The molecule has 0 atom stereocenters. The van der Waals surface area contributed by atoms with Crippen LogP contribution in [0.5, 0.6) is 11.5 Å². The fraction of sp³-hybridized carbons (Fsp3) is 0.278. The van der Waals surface area contributed by atoms with Crippen molar-refractivity contribution in [3.8, 4) is 11.5 Å². The second-order valence-electron chi connectivity index (χ2n) is 18.2. The number of carbonyl (C=O) groups excluding carboxylic acids is 6. The maximum atomic E-state index is 13.0. The molecule has 0 unspecified atom stereocenters. The zero-order valence-electron chi connectivity index (χ0n) is 44.2. The molecule has 6 amide bonds. The molecule has 3 aromatic carbocycles. The van der Waals surface area contributed by atoms with Gasteiger partial charge in [-0.25, -0.2) is 46.3 Å². The number of carbonyl (C=O) groups is 6. The number of amides is 6. The van der Waals surface area contributed by atoms with Crippen LogP contribution in [0.4, 0.5) is 17.8 Å². The van der Waals surface area contributed by atoms with E-state index in [1.54, 1.807) is 65.6 Å². The largest absolute Gasteiger partial charge is 0.493 e. The molecule has 27 nitrogen and oxygen atoms in total. The number of nitrogens with zero attached hydrogens (tertiary/aromatic N) is 13. The first kappa shape index (κ1) is 57.2. The quantitative estimate of drug-likeness (QED) is 0.0754. The maximum Gasteiger partial charge on any atom is 0.277 e. The molecule has 10 rings (SSSR count). The summed E-state index contributed by atoms with van der Waals surface area (Å²) < 4.78 is 10.5. The summed E-state index contributed by atoms with van der Waals surface area (Å²) in [5.41, 5.74) is 7.28. The van der Waals surface area contributed by atoms with Crippen molar-refractivity contribution in [2.75, 3.05) is 107 Å². The molecular formula is C54H58N16O11. The number of aromatic nitrogens is 7. The molecule has 3 aliphatic heterocycles. The number of hydrogen-bond donors (Lipinski definition) is 6. The first-order valence-electron chi connectivity index (χ1n) is 25.4. The van der Waals surface area contributed by atoms with Crippen molar-refractivity contribution in [3.63, 3.8) is 0 Å². The summed E-state index contributed by atoms with van der Waals surface area (Å²) in [4.78, 5) is 112. The molecule has 0 spiro atoms. The summed E-state index contributed by atoms with van der Waals surface area (Å²) in [5, 5.41) is 27.9. The van der Waals surface area contributed by atoms with E-state index in [0.717, 1.165) is 16.3 Å². The zero-order valence-corrected chi connectivity index (χ0v) is 44.2. The number of rotatable bonds is 12. The summed E-state index contributed by atoms with van der Waals surface area (Å²) in [6.07, 6.45) is 11.6. The lowest BCUT2D eigenvalue weighted by Gasteiger charge is -2.35. The molecular weight excluding hydrogens is 1050 g/mol. The highest BCUT2D eigenvalue weighted by Crippen LogP contribution is 2.28. The number of methoxy groups -OCH3 is 2. The van der Waals surface area contributed by atoms with Gasteiger partial charge in [-0.1, -0.05) is 42.5 Å². The van der Waals surface area contributed by atoms with Crippen LogP contribution in [-0.2, 0) is 11.2 Å². The van der Waals surface area contributed by atoms with Gasteiger partial charge in [0.2, 0.25) is 23.8 Å². The monoisotopic (exact) mass is 1110 g/mol. The summed E-state index contributed by atoms with van der Waals surface area (Å²) in [7, 11) is 3.13. The Hall–Kier alpha value is -9.99. The van der Waals surface area contributed by atoms with Crippen molar-refractivity contribution in [2.45, 2.75) is 6.42 Å². The maximum absolute atomic E-state index is 13.0. The number of hydroxylamine groups is 3. The van der Waals surface area contributed by atoms with Crippen molar-refractivity contribution < 1.29 is 53.9 Å². The Kier molecular flexibility index (Phi) is 19.5. The third kappa shape index (κ3) is 14.4. The molecule has 420 valence electrons. The van der Waals surface area contributed by atoms with Gasteiger partial charge in [0.1, 0.15) is 0 Å². The molecule has 0 bridgehead atoms. The van der Waals surface area contributed by atoms with Gasteiger partial charge in [-0.2, -0.15) is 0 Å². The minimum Gasteiger partial charge on any atom is -0.493 e. The van der Waals surface area contributed by atoms with Gasteiger partial charge in [0.05, 0.1) is 42.9 Å². The van der Waals surface area contributed by atoms with Crippen LogP contribution in [0.15, 0.2) is 122 Å². The Balaban J connectivity index is 0.000000160. The average Bonchev–Trinajstić information content (AvgIpc) is 3.54. The minimum atomic E-state index is -0.665. The van der Waals surface area contributed by atoms with Crippen LogP contribution in [-0.4, -0.2) is 193 Å². The van der Waals surface area contributed by atoms with Gasteiger partial charge in [0, 0.05) is 134 Å². The second-order valence-corrected chi connectivity index (χ2v) is 18.2. The van der Waals surface area contributed by atoms with Gasteiger partial charge >= 0.3 is 0 Å². The zero-order chi connectivity index (χ0) is 57.3. The third-order valence-corrected chi connectivity index (χ3v) is 13.4. The lowest BCUT2D eigenvalue weighted by molar-refractivity contribution is -0.130. The standard InChI is InChI=1S/C20H19N5O3.C19H23N5O5.C15H16N6O3/c26-18(23-28)15-12-21-20(22-13-15)25-10-8-24(9-11-25)19(27)17-7-3-5-14-4-1-2-6-16(14)17;1-28-15-4-3-13(9-16(15)29-2)10-17(25)23-5-7-24(8-6-23)19-20-11-14(12-21-19)18(26)22-27;22-13(19-24)12-9-17-15(18-10-12)21-6-4-20(5-7-21)14(23)11-2-1-3-16-8-11/h1-7,12-13,28H,8-11H2,(H,23,26);3-4,9,11-12,27H,5-8,10H2,1-2H3,(H,22,26);1-3,8-10,24H,4-7H2,(H,19,22). The summed E-state index contributed by atoms with van der Waals surface area (Å²) in [6, 6.07) is 22.6. The highest BCUT2D eigenvalue weighted by molar-refractivity contribution is 6.07. The Morgan fingerprint density at radius 1 is 0.469 bits per heavy atom. The number of piperazine rings is 3. The van der Waals surface area contributed by atoms with Gasteiger partial charge in [-0.05, 0) is 46.7 Å². The average molecular weight is 1110 g/mol. The van der Waals surface area contributed by atoms with E-state index in [0.29, 0.717) is 119 Å². The highest BCUT2D eigenvalue weighted by atomic mass is 16.5. The summed E-state index contributed by atoms with van der Waals surface area (Å²) >= 11 is 0. The Labute approximate surface area is 463 Å². The molecule has 3 saturated heterocycles. The number of nitrogens with one attached hydrogen (secondary N) is 3. The van der Waals surface area contributed by atoms with Crippen molar-refractivity contribution in [1.29, 1.82) is 0 Å². The minimum absolute atomic E-state index is 0.0207. The fourth-order valence-electron chi connectivity index (χ4n) is 8.91. The topological polar surface area (TPSA) is 327 Å². The van der Waals surface area contributed by atoms with Crippen molar-refractivity contribution >= 4 is 64.1 Å². The number of anilines is 3. The van der Waals surface area contributed by atoms with E-state index in [2.05, 4.69) is 34.9 Å². The predicted octanol–water partition coefficient (Wildman–Crippen LogP) is 2.17. The van der Waals surface area contributed by atoms with Crippen LogP contribution in [0, 0.1) is 0 Å². The van der Waals surface area contributed by atoms with Crippen LogP contribution in [0.3, 0.4) is 0 Å². The molecule has 7 aromatic rings. The van der Waals surface area contributed by atoms with Crippen LogP contribution in [0.25, 0.3) is 10.8 Å². The smallest absolute Gasteiger partial charge is 0.277 e. The normalized spacial score (nSPS) is 14.1. The van der Waals surface area contributed by atoms with Crippen LogP contribution >= 0.6 is 0 Å². The van der Waals surface area contributed by atoms with E-state index >= 15 is 0 Å². The molecule has 0 aliphatic carbocycles. The summed E-state index contributed by atoms with van der Waals surface area (Å²) in [5.74, 6) is 0.709. The second kappa shape index (κ2) is 27.5. The van der Waals surface area contributed by atoms with Gasteiger partial charge in [-0.15, -0.1) is 0 Å². The predicted molar refractivity (Wildman–Crippen MR) is 290 cm³/mol. The fourth-order valence-corrected chi connectivity index (χ4v) is 8.91. The van der Waals surface area contributed by atoms with Gasteiger partial charge in [0.15, 0.2) is 11.5 Å². The SMILES string of the molecule is COc1ccc(CC(=O)N2CCN(c3ncc(C(=O)NO)cn3)CC2)cc1OC.O=C(NO)c1cnc(N2CCN(C(=O)c3cccc4ccccc34)CC2)nc1.O=C(NO)c1cnc(N2CCN(C(=O)c3cccnc3)CC2)nc1. The molecule has 0 saturated carbocycles. The molecule has 0 radical (unpaired) electrons. The molecule has 81 heavy (non-hydrogen) atoms. The van der Waals surface area contributed by atoms with Crippen molar-refractivity contribution in [2.24, 2.45) is 0 Å². The Morgan fingerprint density at radius 3 is 1.36 bits per heavy atom. The van der Waals surface area contributed by atoms with Crippen molar-refractivity contribution in [3.05, 3.63) is 156 Å². The molecule has 6 N–H and O–H groups in total. The first-order chi connectivity index (χ1) is 39.4. The molecule has 3 aliphatic rings. The lowest BCUT2D eigenvalue weighted by atomic mass is 10.0. The number of fused-ring (bicyclic) bond motifs is 1. The van der Waals surface area contributed by atoms with E-state index in [4.69, 9.17) is 25.1 Å². The number of benzene rings is 3. The molecule has 4 aromatic heterocycles. The van der Waals surface area contributed by atoms with Gasteiger partial charge in [-0.3, -0.25) is 49.4 Å². The van der Waals surface area contributed by atoms with Crippen LogP contribution < -0.4 is 40.6 Å². The molecule has 7 heterocycles. The van der Waals surface area contributed by atoms with Crippen molar-refractivity contribution in [1.82, 2.24) is 66.0 Å². The van der Waals surface area contributed by atoms with E-state index in [-0.39, 0.29) is 40.8 Å². The number of ether oxygens (including phenoxy) is 2. The number of pyridine rings is 1. The molecule has 27 heteroatoms. The molecule has 3 fully saturated rings. The van der Waals surface area contributed by atoms with E-state index in [1.807, 2.05) is 74.2 Å². The van der Waals surface area contributed by atoms with E-state index in [1.165, 1.54) is 42.7 Å². The van der Waals surface area contributed by atoms with E-state index in [9.17, 15) is 28.8 Å². The Morgan fingerprint density at radius 2 is 0.914 bits per heavy atom. The highest BCUT2D eigenvalue weighted by Gasteiger charge is 2.27. The van der Waals surface area contributed by atoms with E-state index < -0.39 is 17.7 Å². The van der Waals surface area contributed by atoms with Gasteiger partial charge in [0.25, 0.3) is 29.5 Å².